The Bertz CT molecular complexity index is 956. The van der Waals surface area contributed by atoms with Gasteiger partial charge in [0.2, 0.25) is 0 Å². The van der Waals surface area contributed by atoms with Crippen molar-refractivity contribution in [3.63, 3.8) is 0 Å². The minimum atomic E-state index is 0.386. The summed E-state index contributed by atoms with van der Waals surface area (Å²) in [6, 6.07) is 18.7. The van der Waals surface area contributed by atoms with Gasteiger partial charge in [0.05, 0.1) is 29.1 Å². The predicted molar refractivity (Wildman–Crippen MR) is 116 cm³/mol. The first-order chi connectivity index (χ1) is 13.6. The van der Waals surface area contributed by atoms with Gasteiger partial charge in [-0.3, -0.25) is 5.43 Å². The molecule has 0 unspecified atom stereocenters. The molecule has 0 heterocycles. The Hall–Kier alpha value is -2.40. The first-order valence-electron chi connectivity index (χ1n) is 8.35. The number of hydrogen-bond donors (Lipinski definition) is 1. The predicted octanol–water partition coefficient (Wildman–Crippen LogP) is 6.68. The van der Waals surface area contributed by atoms with Gasteiger partial charge in [-0.05, 0) is 41.5 Å². The molecule has 0 aromatic heterocycles. The standard InChI is InChI=1S/C21H17Cl3N2O2/c1-27-20-9-15(7-8-19(20)28-13-14-5-3-2-4-6-14)12-25-26-21-17(23)10-16(22)11-18(21)24/h2-12,26H,13H2,1H3. The molecule has 28 heavy (non-hydrogen) atoms. The molecule has 7 heteroatoms. The molecule has 0 saturated carbocycles. The van der Waals surface area contributed by atoms with Crippen LogP contribution in [0.2, 0.25) is 15.1 Å². The van der Waals surface area contributed by atoms with Gasteiger partial charge in [0, 0.05) is 5.02 Å². The number of nitrogens with zero attached hydrogens (tertiary/aromatic N) is 1. The third kappa shape index (κ3) is 5.32. The molecule has 0 aliphatic heterocycles. The van der Waals surface area contributed by atoms with E-state index < -0.39 is 0 Å². The molecule has 144 valence electrons. The van der Waals surface area contributed by atoms with Crippen molar-refractivity contribution in [3.05, 3.63) is 86.9 Å². The Labute approximate surface area is 178 Å². The molecule has 0 aliphatic carbocycles. The van der Waals surface area contributed by atoms with Crippen molar-refractivity contribution in [1.82, 2.24) is 0 Å². The number of methoxy groups -OCH3 is 1. The number of hydrogen-bond acceptors (Lipinski definition) is 4. The number of rotatable bonds is 7. The number of benzene rings is 3. The van der Waals surface area contributed by atoms with Gasteiger partial charge in [-0.25, -0.2) is 0 Å². The Morgan fingerprint density at radius 1 is 0.929 bits per heavy atom. The van der Waals surface area contributed by atoms with Gasteiger partial charge in [-0.2, -0.15) is 5.10 Å². The highest BCUT2D eigenvalue weighted by molar-refractivity contribution is 6.41. The van der Waals surface area contributed by atoms with Crippen LogP contribution in [0.25, 0.3) is 0 Å². The average molecular weight is 436 g/mol. The third-order valence-corrected chi connectivity index (χ3v) is 4.64. The van der Waals surface area contributed by atoms with E-state index in [1.54, 1.807) is 25.5 Å². The first-order valence-corrected chi connectivity index (χ1v) is 9.48. The maximum Gasteiger partial charge on any atom is 0.161 e. The van der Waals surface area contributed by atoms with Gasteiger partial charge in [0.15, 0.2) is 11.5 Å². The van der Waals surface area contributed by atoms with E-state index in [1.165, 1.54) is 0 Å². The highest BCUT2D eigenvalue weighted by Gasteiger charge is 2.08. The smallest absolute Gasteiger partial charge is 0.161 e. The van der Waals surface area contributed by atoms with Crippen LogP contribution in [-0.2, 0) is 6.61 Å². The van der Waals surface area contributed by atoms with E-state index in [4.69, 9.17) is 44.3 Å². The normalized spacial score (nSPS) is 10.9. The quantitative estimate of drug-likeness (QED) is 0.332. The van der Waals surface area contributed by atoms with E-state index in [-0.39, 0.29) is 0 Å². The SMILES string of the molecule is COc1cc(C=NNc2c(Cl)cc(Cl)cc2Cl)ccc1OCc1ccccc1. The number of halogens is 3. The zero-order valence-corrected chi connectivity index (χ0v) is 17.2. The Balaban J connectivity index is 1.69. The number of ether oxygens (including phenoxy) is 2. The van der Waals surface area contributed by atoms with Gasteiger partial charge in [-0.15, -0.1) is 0 Å². The lowest BCUT2D eigenvalue weighted by Gasteiger charge is -2.11. The van der Waals surface area contributed by atoms with Crippen LogP contribution in [0.5, 0.6) is 11.5 Å². The molecule has 3 aromatic carbocycles. The second kappa shape index (κ2) is 9.69. The average Bonchev–Trinajstić information content (AvgIpc) is 2.69. The molecule has 3 aromatic rings. The number of hydrazone groups is 1. The second-order valence-corrected chi connectivity index (χ2v) is 7.05. The molecule has 1 N–H and O–H groups in total. The molecule has 0 atom stereocenters. The van der Waals surface area contributed by atoms with Crippen LogP contribution < -0.4 is 14.9 Å². The number of anilines is 1. The van der Waals surface area contributed by atoms with Gasteiger partial charge in [0.1, 0.15) is 6.61 Å². The summed E-state index contributed by atoms with van der Waals surface area (Å²) in [5.74, 6) is 1.27. The fraction of sp³-hybridized carbons (Fsp3) is 0.0952. The minimum absolute atomic E-state index is 0.386. The molecule has 0 fully saturated rings. The van der Waals surface area contributed by atoms with Crippen LogP contribution in [0, 0.1) is 0 Å². The van der Waals surface area contributed by atoms with E-state index in [1.807, 2.05) is 48.5 Å². The lowest BCUT2D eigenvalue weighted by atomic mass is 10.2. The molecular formula is C21H17Cl3N2O2. The van der Waals surface area contributed by atoms with Crippen LogP contribution in [0.3, 0.4) is 0 Å². The summed E-state index contributed by atoms with van der Waals surface area (Å²) in [6.45, 7) is 0.458. The van der Waals surface area contributed by atoms with Crippen molar-refractivity contribution in [2.75, 3.05) is 12.5 Å². The third-order valence-electron chi connectivity index (χ3n) is 3.82. The van der Waals surface area contributed by atoms with Crippen molar-refractivity contribution >= 4 is 46.7 Å². The largest absolute Gasteiger partial charge is 0.493 e. The zero-order chi connectivity index (χ0) is 19.9. The molecule has 0 radical (unpaired) electrons. The first kappa shape index (κ1) is 20.3. The minimum Gasteiger partial charge on any atom is -0.493 e. The van der Waals surface area contributed by atoms with Gasteiger partial charge in [0.25, 0.3) is 0 Å². The van der Waals surface area contributed by atoms with E-state index in [0.717, 1.165) is 11.1 Å². The van der Waals surface area contributed by atoms with Crippen molar-refractivity contribution in [3.8, 4) is 11.5 Å². The summed E-state index contributed by atoms with van der Waals surface area (Å²) < 4.78 is 11.3. The maximum absolute atomic E-state index is 6.13. The van der Waals surface area contributed by atoms with E-state index in [9.17, 15) is 0 Å². The fourth-order valence-electron chi connectivity index (χ4n) is 2.44. The van der Waals surface area contributed by atoms with Crippen LogP contribution in [0.4, 0.5) is 5.69 Å². The lowest BCUT2D eigenvalue weighted by Crippen LogP contribution is -1.98. The van der Waals surface area contributed by atoms with Crippen LogP contribution in [0.15, 0.2) is 65.8 Å². The summed E-state index contributed by atoms with van der Waals surface area (Å²) in [4.78, 5) is 0. The van der Waals surface area contributed by atoms with Crippen molar-refractivity contribution in [2.24, 2.45) is 5.10 Å². The molecule has 0 bridgehead atoms. The van der Waals surface area contributed by atoms with Crippen LogP contribution in [-0.4, -0.2) is 13.3 Å². The van der Waals surface area contributed by atoms with E-state index in [0.29, 0.717) is 38.9 Å². The van der Waals surface area contributed by atoms with Crippen molar-refractivity contribution < 1.29 is 9.47 Å². The Morgan fingerprint density at radius 3 is 2.32 bits per heavy atom. The highest BCUT2D eigenvalue weighted by atomic mass is 35.5. The molecule has 0 saturated heterocycles. The Morgan fingerprint density at radius 2 is 1.64 bits per heavy atom. The fourth-order valence-corrected chi connectivity index (χ4v) is 3.34. The van der Waals surface area contributed by atoms with Gasteiger partial charge in [-0.1, -0.05) is 65.1 Å². The van der Waals surface area contributed by atoms with E-state index in [2.05, 4.69) is 10.5 Å². The van der Waals surface area contributed by atoms with E-state index >= 15 is 0 Å². The summed E-state index contributed by atoms with van der Waals surface area (Å²) in [6.07, 6.45) is 1.63. The van der Waals surface area contributed by atoms with Gasteiger partial charge < -0.3 is 9.47 Å². The second-order valence-electron chi connectivity index (χ2n) is 5.80. The van der Waals surface area contributed by atoms with Crippen LogP contribution >= 0.6 is 34.8 Å². The topological polar surface area (TPSA) is 42.8 Å². The highest BCUT2D eigenvalue weighted by Crippen LogP contribution is 2.33. The van der Waals surface area contributed by atoms with Crippen LogP contribution in [0.1, 0.15) is 11.1 Å². The monoisotopic (exact) mass is 434 g/mol. The molecule has 0 amide bonds. The molecule has 4 nitrogen and oxygen atoms in total. The molecule has 0 aliphatic rings. The van der Waals surface area contributed by atoms with Gasteiger partial charge >= 0.3 is 0 Å². The Kier molecular flexibility index (Phi) is 7.04. The summed E-state index contributed by atoms with van der Waals surface area (Å²) in [5, 5.41) is 5.41. The van der Waals surface area contributed by atoms with Crippen molar-refractivity contribution in [1.29, 1.82) is 0 Å². The zero-order valence-electron chi connectivity index (χ0n) is 15.0. The lowest BCUT2D eigenvalue weighted by molar-refractivity contribution is 0.284. The molecule has 3 rings (SSSR count). The molecular weight excluding hydrogens is 419 g/mol. The molecule has 0 spiro atoms. The summed E-state index contributed by atoms with van der Waals surface area (Å²) in [7, 11) is 1.59. The number of nitrogens with one attached hydrogen (secondary N) is 1. The summed E-state index contributed by atoms with van der Waals surface area (Å²) in [5.41, 5.74) is 5.21. The van der Waals surface area contributed by atoms with Crippen molar-refractivity contribution in [2.45, 2.75) is 6.61 Å². The summed E-state index contributed by atoms with van der Waals surface area (Å²) >= 11 is 18.2. The maximum atomic E-state index is 6.13.